The lowest BCUT2D eigenvalue weighted by Gasteiger charge is -2.18. The zero-order valence-electron chi connectivity index (χ0n) is 17.4. The largest absolute Gasteiger partial charge is 0.497 e. The second kappa shape index (κ2) is 8.57. The molecule has 1 aromatic heterocycles. The van der Waals surface area contributed by atoms with Crippen molar-refractivity contribution in [2.75, 3.05) is 20.8 Å². The molecule has 0 aliphatic carbocycles. The molecule has 2 heterocycles. The maximum Gasteiger partial charge on any atom is 0.257 e. The Morgan fingerprint density at radius 1 is 1.13 bits per heavy atom. The topological polar surface area (TPSA) is 77.7 Å². The Morgan fingerprint density at radius 3 is 2.63 bits per heavy atom. The normalized spacial score (nSPS) is 16.2. The number of ether oxygens (including phenoxy) is 2. The van der Waals surface area contributed by atoms with Crippen molar-refractivity contribution in [3.63, 3.8) is 0 Å². The third-order valence-corrected chi connectivity index (χ3v) is 5.49. The summed E-state index contributed by atoms with van der Waals surface area (Å²) in [4.78, 5) is 19.0. The highest BCUT2D eigenvalue weighted by Gasteiger charge is 2.34. The van der Waals surface area contributed by atoms with E-state index in [4.69, 9.17) is 14.0 Å². The van der Waals surface area contributed by atoms with E-state index in [1.807, 2.05) is 30.3 Å². The first kappa shape index (κ1) is 19.9. The van der Waals surface area contributed by atoms with Crippen LogP contribution in [-0.2, 0) is 17.8 Å². The van der Waals surface area contributed by atoms with Gasteiger partial charge in [-0.1, -0.05) is 24.2 Å². The van der Waals surface area contributed by atoms with Gasteiger partial charge in [-0.15, -0.1) is 0 Å². The second-order valence-corrected chi connectivity index (χ2v) is 7.36. The van der Waals surface area contributed by atoms with E-state index in [0.29, 0.717) is 42.7 Å². The molecule has 1 unspecified atom stereocenters. The maximum absolute atomic E-state index is 12.6. The van der Waals surface area contributed by atoms with Crippen molar-refractivity contribution in [3.8, 4) is 23.0 Å². The molecular weight excluding hydrogens is 382 g/mol. The summed E-state index contributed by atoms with van der Waals surface area (Å²) < 4.78 is 16.2. The van der Waals surface area contributed by atoms with Crippen LogP contribution in [0.15, 0.2) is 47.0 Å². The molecule has 0 spiro atoms. The van der Waals surface area contributed by atoms with E-state index in [1.54, 1.807) is 19.1 Å². The van der Waals surface area contributed by atoms with Crippen molar-refractivity contribution >= 4 is 5.91 Å². The number of rotatable bonds is 7. The minimum atomic E-state index is -0.0887. The molecule has 1 aliphatic rings. The van der Waals surface area contributed by atoms with Crippen molar-refractivity contribution < 1.29 is 18.8 Å². The summed E-state index contributed by atoms with van der Waals surface area (Å²) in [6, 6.07) is 13.7. The molecule has 1 fully saturated rings. The van der Waals surface area contributed by atoms with E-state index < -0.39 is 0 Å². The van der Waals surface area contributed by atoms with Gasteiger partial charge in [0.05, 0.1) is 14.2 Å². The number of hydrogen-bond donors (Lipinski definition) is 0. The van der Waals surface area contributed by atoms with Gasteiger partial charge in [0, 0.05) is 42.6 Å². The fourth-order valence-electron chi connectivity index (χ4n) is 3.69. The van der Waals surface area contributed by atoms with Crippen LogP contribution in [0.25, 0.3) is 11.5 Å². The molecule has 30 heavy (non-hydrogen) atoms. The number of benzene rings is 2. The van der Waals surface area contributed by atoms with Gasteiger partial charge >= 0.3 is 0 Å². The number of nitrogens with zero attached hydrogens (tertiary/aromatic N) is 3. The lowest BCUT2D eigenvalue weighted by molar-refractivity contribution is -0.128. The summed E-state index contributed by atoms with van der Waals surface area (Å²) in [7, 11) is 3.22. The molecule has 0 saturated carbocycles. The van der Waals surface area contributed by atoms with E-state index >= 15 is 0 Å². The fraction of sp³-hybridized carbons (Fsp3) is 0.348. The average molecular weight is 407 g/mol. The number of carbonyl (C=O) groups excluding carboxylic acids is 1. The highest BCUT2D eigenvalue weighted by molar-refractivity contribution is 5.79. The van der Waals surface area contributed by atoms with Gasteiger partial charge in [0.2, 0.25) is 5.91 Å². The third kappa shape index (κ3) is 4.01. The average Bonchev–Trinajstić information content (AvgIpc) is 3.41. The van der Waals surface area contributed by atoms with Crippen LogP contribution in [0.5, 0.6) is 11.5 Å². The molecule has 7 nitrogen and oxygen atoms in total. The molecule has 4 rings (SSSR count). The highest BCUT2D eigenvalue weighted by Crippen LogP contribution is 2.32. The van der Waals surface area contributed by atoms with Gasteiger partial charge < -0.3 is 18.9 Å². The Labute approximate surface area is 175 Å². The monoisotopic (exact) mass is 407 g/mol. The molecule has 7 heteroatoms. The quantitative estimate of drug-likeness (QED) is 0.592. The van der Waals surface area contributed by atoms with E-state index in [9.17, 15) is 4.79 Å². The Bertz CT molecular complexity index is 1030. The maximum atomic E-state index is 12.6. The van der Waals surface area contributed by atoms with E-state index in [0.717, 1.165) is 17.5 Å². The van der Waals surface area contributed by atoms with Crippen molar-refractivity contribution in [2.45, 2.75) is 32.2 Å². The molecule has 0 N–H and O–H groups in total. The van der Waals surface area contributed by atoms with Gasteiger partial charge in [0.15, 0.2) is 5.82 Å². The van der Waals surface area contributed by atoms with Crippen molar-refractivity contribution in [2.24, 2.45) is 0 Å². The van der Waals surface area contributed by atoms with Crippen LogP contribution in [0.3, 0.4) is 0 Å². The first-order valence-electron chi connectivity index (χ1n) is 10.0. The van der Waals surface area contributed by atoms with Gasteiger partial charge in [0.25, 0.3) is 5.89 Å². The summed E-state index contributed by atoms with van der Waals surface area (Å²) in [5.41, 5.74) is 3.07. The molecule has 1 saturated heterocycles. The molecule has 1 aliphatic heterocycles. The van der Waals surface area contributed by atoms with E-state index in [1.165, 1.54) is 5.56 Å². The van der Waals surface area contributed by atoms with Crippen LogP contribution in [-0.4, -0.2) is 41.7 Å². The standard InChI is InChI=1S/C23H25N3O4/c1-4-15-5-7-16(8-6-15)23-24-22(25-30-23)18-11-21(27)26(14-18)13-17-9-10-19(28-2)12-20(17)29-3/h5-10,12,18H,4,11,13-14H2,1-3H3. The number of methoxy groups -OCH3 is 2. The smallest absolute Gasteiger partial charge is 0.257 e. The van der Waals surface area contributed by atoms with Crippen LogP contribution < -0.4 is 9.47 Å². The lowest BCUT2D eigenvalue weighted by atomic mass is 10.1. The summed E-state index contributed by atoms with van der Waals surface area (Å²) in [5, 5.41) is 4.14. The number of amides is 1. The Kier molecular flexibility index (Phi) is 5.70. The Morgan fingerprint density at radius 2 is 1.93 bits per heavy atom. The van der Waals surface area contributed by atoms with Crippen LogP contribution in [0.4, 0.5) is 0 Å². The van der Waals surface area contributed by atoms with Gasteiger partial charge in [-0.2, -0.15) is 4.98 Å². The summed E-state index contributed by atoms with van der Waals surface area (Å²) in [5.74, 6) is 2.44. The first-order chi connectivity index (χ1) is 14.6. The molecule has 2 aromatic carbocycles. The van der Waals surface area contributed by atoms with Gasteiger partial charge in [-0.05, 0) is 36.2 Å². The van der Waals surface area contributed by atoms with Crippen molar-refractivity contribution in [1.82, 2.24) is 15.0 Å². The zero-order chi connectivity index (χ0) is 21.1. The molecule has 1 amide bonds. The Balaban J connectivity index is 1.47. The van der Waals surface area contributed by atoms with Crippen molar-refractivity contribution in [3.05, 3.63) is 59.4 Å². The molecular formula is C23H25N3O4. The minimum absolute atomic E-state index is 0.0662. The molecule has 0 bridgehead atoms. The van der Waals surface area contributed by atoms with Gasteiger partial charge in [-0.25, -0.2) is 0 Å². The molecule has 1 atom stereocenters. The summed E-state index contributed by atoms with van der Waals surface area (Å²) >= 11 is 0. The van der Waals surface area contributed by atoms with Crippen molar-refractivity contribution in [1.29, 1.82) is 0 Å². The second-order valence-electron chi connectivity index (χ2n) is 7.36. The SMILES string of the molecule is CCc1ccc(-c2nc(C3CC(=O)N(Cc4ccc(OC)cc4OC)C3)no2)cc1. The number of likely N-dealkylation sites (tertiary alicyclic amines) is 1. The van der Waals surface area contributed by atoms with Crippen LogP contribution in [0, 0.1) is 0 Å². The molecule has 0 radical (unpaired) electrons. The predicted octanol–water partition coefficient (Wildman–Crippen LogP) is 3.83. The lowest BCUT2D eigenvalue weighted by Crippen LogP contribution is -2.24. The summed E-state index contributed by atoms with van der Waals surface area (Å²) in [6.45, 7) is 3.12. The van der Waals surface area contributed by atoms with Crippen LogP contribution >= 0.6 is 0 Å². The third-order valence-electron chi connectivity index (χ3n) is 5.49. The molecule has 156 valence electrons. The number of hydrogen-bond acceptors (Lipinski definition) is 6. The number of aryl methyl sites for hydroxylation is 1. The summed E-state index contributed by atoms with van der Waals surface area (Å²) in [6.07, 6.45) is 1.35. The first-order valence-corrected chi connectivity index (χ1v) is 10.0. The fourth-order valence-corrected chi connectivity index (χ4v) is 3.69. The zero-order valence-corrected chi connectivity index (χ0v) is 17.4. The van der Waals surface area contributed by atoms with Gasteiger partial charge in [-0.3, -0.25) is 4.79 Å². The number of carbonyl (C=O) groups is 1. The van der Waals surface area contributed by atoms with Gasteiger partial charge in [0.1, 0.15) is 11.5 Å². The number of aromatic nitrogens is 2. The van der Waals surface area contributed by atoms with E-state index in [-0.39, 0.29) is 11.8 Å². The van der Waals surface area contributed by atoms with Crippen LogP contribution in [0.1, 0.15) is 36.2 Å². The van der Waals surface area contributed by atoms with Crippen LogP contribution in [0.2, 0.25) is 0 Å². The van der Waals surface area contributed by atoms with E-state index in [2.05, 4.69) is 29.2 Å². The molecule has 3 aromatic rings. The minimum Gasteiger partial charge on any atom is -0.497 e. The predicted molar refractivity (Wildman–Crippen MR) is 111 cm³/mol. The Hall–Kier alpha value is -3.35. The highest BCUT2D eigenvalue weighted by atomic mass is 16.5.